The smallest absolute Gasteiger partial charge is 0.156 e. The van der Waals surface area contributed by atoms with Gasteiger partial charge in [-0.15, -0.1) is 0 Å². The van der Waals surface area contributed by atoms with E-state index in [0.29, 0.717) is 6.04 Å². The lowest BCUT2D eigenvalue weighted by atomic mass is 10.2. The van der Waals surface area contributed by atoms with Crippen molar-refractivity contribution in [2.75, 3.05) is 26.4 Å². The Labute approximate surface area is 92.1 Å². The molecule has 0 heterocycles. The third-order valence-corrected chi connectivity index (χ3v) is 3.18. The van der Waals surface area contributed by atoms with Crippen LogP contribution in [0, 0.1) is 0 Å². The first-order valence-corrected chi connectivity index (χ1v) is 6.27. The second kappa shape index (κ2) is 9.34. The summed E-state index contributed by atoms with van der Waals surface area (Å²) in [4.78, 5) is 4.17. The Hall–Kier alpha value is -0.220. The summed E-state index contributed by atoms with van der Waals surface area (Å²) >= 11 is 1.80. The Bertz CT molecular complexity index is 155. The van der Waals surface area contributed by atoms with Crippen LogP contribution in [0.1, 0.15) is 26.7 Å². The van der Waals surface area contributed by atoms with Gasteiger partial charge in [0.15, 0.2) is 5.17 Å². The van der Waals surface area contributed by atoms with E-state index in [2.05, 4.69) is 29.5 Å². The van der Waals surface area contributed by atoms with Gasteiger partial charge in [-0.25, -0.2) is 0 Å². The van der Waals surface area contributed by atoms with Crippen LogP contribution in [0.15, 0.2) is 4.99 Å². The Kier molecular flexibility index (Phi) is 9.19. The van der Waals surface area contributed by atoms with Gasteiger partial charge in [-0.1, -0.05) is 18.7 Å². The normalized spacial score (nSPS) is 14.1. The lowest BCUT2D eigenvalue weighted by Gasteiger charge is -2.13. The first-order chi connectivity index (χ1) is 6.78. The van der Waals surface area contributed by atoms with E-state index in [1.54, 1.807) is 11.8 Å². The molecule has 0 aromatic carbocycles. The largest absolute Gasteiger partial charge is 0.365 e. The van der Waals surface area contributed by atoms with Gasteiger partial charge in [-0.3, -0.25) is 4.99 Å². The first-order valence-electron chi connectivity index (χ1n) is 5.29. The number of nitrogens with zero attached hydrogens (tertiary/aromatic N) is 1. The van der Waals surface area contributed by atoms with Crippen LogP contribution in [0.3, 0.4) is 0 Å². The molecule has 0 fully saturated rings. The van der Waals surface area contributed by atoms with E-state index in [9.17, 15) is 0 Å². The number of nitrogens with one attached hydrogen (secondary N) is 2. The first kappa shape index (κ1) is 13.8. The van der Waals surface area contributed by atoms with Crippen molar-refractivity contribution in [2.24, 2.45) is 4.99 Å². The van der Waals surface area contributed by atoms with Crippen LogP contribution >= 0.6 is 11.8 Å². The number of rotatable bonds is 6. The fourth-order valence-electron chi connectivity index (χ4n) is 1.20. The average molecular weight is 217 g/mol. The molecule has 0 aliphatic rings. The van der Waals surface area contributed by atoms with E-state index in [0.717, 1.165) is 17.5 Å². The minimum Gasteiger partial charge on any atom is -0.365 e. The predicted octanol–water partition coefficient (Wildman–Crippen LogP) is 1.70. The maximum absolute atomic E-state index is 4.17. The summed E-state index contributed by atoms with van der Waals surface area (Å²) in [5.74, 6) is 1.12. The Morgan fingerprint density at radius 3 is 2.57 bits per heavy atom. The zero-order valence-electron chi connectivity index (χ0n) is 9.76. The van der Waals surface area contributed by atoms with Crippen molar-refractivity contribution in [1.82, 2.24) is 10.6 Å². The summed E-state index contributed by atoms with van der Waals surface area (Å²) in [6, 6.07) is 0.641. The molecule has 0 bridgehead atoms. The van der Waals surface area contributed by atoms with Crippen LogP contribution in [0.2, 0.25) is 0 Å². The zero-order chi connectivity index (χ0) is 10.8. The van der Waals surface area contributed by atoms with Gasteiger partial charge < -0.3 is 10.6 Å². The fraction of sp³-hybridized carbons (Fsp3) is 0.900. The average Bonchev–Trinajstić information content (AvgIpc) is 2.23. The van der Waals surface area contributed by atoms with Crippen molar-refractivity contribution in [3.8, 4) is 0 Å². The third kappa shape index (κ3) is 6.27. The molecule has 0 saturated heterocycles. The Balaban J connectivity index is 3.60. The minimum absolute atomic E-state index is 0.641. The van der Waals surface area contributed by atoms with Gasteiger partial charge in [0.1, 0.15) is 0 Å². The molecule has 0 radical (unpaired) electrons. The lowest BCUT2D eigenvalue weighted by molar-refractivity contribution is 0.534. The summed E-state index contributed by atoms with van der Waals surface area (Å²) in [7, 11) is 3.86. The maximum Gasteiger partial charge on any atom is 0.156 e. The van der Waals surface area contributed by atoms with Gasteiger partial charge in [0.2, 0.25) is 0 Å². The molecule has 2 N–H and O–H groups in total. The predicted molar refractivity (Wildman–Crippen MR) is 67.2 cm³/mol. The lowest BCUT2D eigenvalue weighted by Crippen LogP contribution is -2.26. The van der Waals surface area contributed by atoms with Crippen LogP contribution < -0.4 is 10.6 Å². The van der Waals surface area contributed by atoms with Crippen LogP contribution in [0.25, 0.3) is 0 Å². The number of hydrogen-bond donors (Lipinski definition) is 2. The Morgan fingerprint density at radius 2 is 2.14 bits per heavy atom. The van der Waals surface area contributed by atoms with E-state index in [1.165, 1.54) is 12.8 Å². The molecule has 0 aromatic heterocycles. The summed E-state index contributed by atoms with van der Waals surface area (Å²) in [5, 5.41) is 7.59. The van der Waals surface area contributed by atoms with Gasteiger partial charge >= 0.3 is 0 Å². The van der Waals surface area contributed by atoms with Gasteiger partial charge in [0.05, 0.1) is 0 Å². The molecule has 84 valence electrons. The van der Waals surface area contributed by atoms with Crippen molar-refractivity contribution < 1.29 is 0 Å². The SMILES string of the molecule is CCNC(=NC)SCCC(CC)NC. The summed E-state index contributed by atoms with van der Waals surface area (Å²) in [6.07, 6.45) is 2.39. The van der Waals surface area contributed by atoms with E-state index in [-0.39, 0.29) is 0 Å². The van der Waals surface area contributed by atoms with Crippen LogP contribution in [0.5, 0.6) is 0 Å². The zero-order valence-corrected chi connectivity index (χ0v) is 10.6. The van der Waals surface area contributed by atoms with E-state index in [4.69, 9.17) is 0 Å². The van der Waals surface area contributed by atoms with Gasteiger partial charge in [0.25, 0.3) is 0 Å². The topological polar surface area (TPSA) is 36.4 Å². The summed E-state index contributed by atoms with van der Waals surface area (Å²) < 4.78 is 0. The summed E-state index contributed by atoms with van der Waals surface area (Å²) in [5.41, 5.74) is 0. The van der Waals surface area contributed by atoms with Crippen molar-refractivity contribution >= 4 is 16.9 Å². The van der Waals surface area contributed by atoms with Crippen molar-refractivity contribution in [3.63, 3.8) is 0 Å². The maximum atomic E-state index is 4.17. The van der Waals surface area contributed by atoms with Gasteiger partial charge in [-0.05, 0) is 26.8 Å². The molecule has 0 aliphatic heterocycles. The molecule has 4 heteroatoms. The Morgan fingerprint density at radius 1 is 1.43 bits per heavy atom. The van der Waals surface area contributed by atoms with E-state index >= 15 is 0 Å². The van der Waals surface area contributed by atoms with Crippen molar-refractivity contribution in [1.29, 1.82) is 0 Å². The molecule has 3 nitrogen and oxygen atoms in total. The molecular weight excluding hydrogens is 194 g/mol. The second-order valence-corrected chi connectivity index (χ2v) is 4.17. The van der Waals surface area contributed by atoms with E-state index in [1.807, 2.05) is 14.1 Å². The number of hydrogen-bond acceptors (Lipinski definition) is 3. The highest BCUT2D eigenvalue weighted by Crippen LogP contribution is 2.07. The van der Waals surface area contributed by atoms with E-state index < -0.39 is 0 Å². The second-order valence-electron chi connectivity index (χ2n) is 3.09. The molecule has 0 amide bonds. The standard InChI is InChI=1S/C10H23N3S/c1-5-9(11-3)7-8-14-10(12-4)13-6-2/h9,11H,5-8H2,1-4H3,(H,12,13). The fourth-order valence-corrected chi connectivity index (χ4v) is 2.17. The number of amidine groups is 1. The molecule has 0 aliphatic carbocycles. The monoisotopic (exact) mass is 217 g/mol. The van der Waals surface area contributed by atoms with Crippen LogP contribution in [-0.4, -0.2) is 37.6 Å². The third-order valence-electron chi connectivity index (χ3n) is 2.14. The van der Waals surface area contributed by atoms with Crippen LogP contribution in [-0.2, 0) is 0 Å². The van der Waals surface area contributed by atoms with Crippen LogP contribution in [0.4, 0.5) is 0 Å². The van der Waals surface area contributed by atoms with Crippen molar-refractivity contribution in [3.05, 3.63) is 0 Å². The highest BCUT2D eigenvalue weighted by Gasteiger charge is 2.03. The highest BCUT2D eigenvalue weighted by molar-refractivity contribution is 8.13. The minimum atomic E-state index is 0.641. The number of aliphatic imine (C=N–C) groups is 1. The molecule has 0 spiro atoms. The molecule has 0 aromatic rings. The highest BCUT2D eigenvalue weighted by atomic mass is 32.2. The van der Waals surface area contributed by atoms with Gasteiger partial charge in [-0.2, -0.15) is 0 Å². The molecule has 1 atom stereocenters. The number of thioether (sulfide) groups is 1. The summed E-state index contributed by atoms with van der Waals surface area (Å²) in [6.45, 7) is 5.25. The quantitative estimate of drug-likeness (QED) is 0.525. The van der Waals surface area contributed by atoms with Crippen molar-refractivity contribution in [2.45, 2.75) is 32.7 Å². The molecule has 1 unspecified atom stereocenters. The molecular formula is C10H23N3S. The molecule has 0 saturated carbocycles. The molecule has 0 rings (SSSR count). The molecule has 14 heavy (non-hydrogen) atoms. The van der Waals surface area contributed by atoms with Gasteiger partial charge in [0, 0.05) is 25.4 Å².